The van der Waals surface area contributed by atoms with Gasteiger partial charge in [-0.25, -0.2) is 9.59 Å². The normalized spacial score (nSPS) is 17.5. The van der Waals surface area contributed by atoms with E-state index in [9.17, 15) is 19.2 Å². The third-order valence-corrected chi connectivity index (χ3v) is 5.02. The molecule has 1 aliphatic rings. The number of carbonyl (C=O) groups excluding carboxylic acids is 4. The van der Waals surface area contributed by atoms with Crippen LogP contribution in [0.4, 0.5) is 4.79 Å². The van der Waals surface area contributed by atoms with Crippen molar-refractivity contribution in [3.05, 3.63) is 35.9 Å². The molecule has 2 rings (SSSR count). The summed E-state index contributed by atoms with van der Waals surface area (Å²) in [6, 6.07) is 7.48. The van der Waals surface area contributed by atoms with Crippen molar-refractivity contribution in [2.75, 3.05) is 20.2 Å². The minimum atomic E-state index is -0.940. The van der Waals surface area contributed by atoms with Crippen molar-refractivity contribution in [2.45, 2.75) is 64.8 Å². The van der Waals surface area contributed by atoms with Gasteiger partial charge in [-0.1, -0.05) is 30.3 Å². The highest BCUT2D eigenvalue weighted by molar-refractivity contribution is 5.90. The minimum Gasteiger partial charge on any atom is -0.467 e. The van der Waals surface area contributed by atoms with E-state index in [-0.39, 0.29) is 32.5 Å². The molecule has 2 atom stereocenters. The molecule has 0 aliphatic carbocycles. The van der Waals surface area contributed by atoms with Gasteiger partial charge in [-0.3, -0.25) is 14.5 Å². The van der Waals surface area contributed by atoms with E-state index in [2.05, 4.69) is 0 Å². The number of hydrogen-bond donors (Lipinski definition) is 0. The quantitative estimate of drug-likeness (QED) is 0.466. The summed E-state index contributed by atoms with van der Waals surface area (Å²) in [7, 11) is 1.23. The summed E-state index contributed by atoms with van der Waals surface area (Å²) in [5.41, 5.74) is 0.194. The van der Waals surface area contributed by atoms with Crippen LogP contribution >= 0.6 is 0 Å². The van der Waals surface area contributed by atoms with Gasteiger partial charge in [0.2, 0.25) is 5.91 Å². The molecule has 176 valence electrons. The molecule has 0 radical (unpaired) electrons. The molecule has 1 aromatic rings. The van der Waals surface area contributed by atoms with Crippen molar-refractivity contribution >= 4 is 23.9 Å². The van der Waals surface area contributed by atoms with E-state index in [1.165, 1.54) is 16.9 Å². The second kappa shape index (κ2) is 11.0. The first-order valence-corrected chi connectivity index (χ1v) is 10.6. The molecule has 0 aromatic heterocycles. The van der Waals surface area contributed by atoms with Crippen molar-refractivity contribution in [3.63, 3.8) is 0 Å². The zero-order valence-corrected chi connectivity index (χ0v) is 19.3. The van der Waals surface area contributed by atoms with E-state index in [1.54, 1.807) is 27.7 Å². The van der Waals surface area contributed by atoms with Gasteiger partial charge in [0.1, 0.15) is 24.3 Å². The first kappa shape index (κ1) is 25.2. The molecule has 1 aromatic carbocycles. The van der Waals surface area contributed by atoms with Crippen LogP contribution in [0.1, 0.15) is 46.1 Å². The highest BCUT2D eigenvalue weighted by Gasteiger charge is 2.41. The van der Waals surface area contributed by atoms with Gasteiger partial charge in [0, 0.05) is 19.5 Å². The first-order chi connectivity index (χ1) is 15.0. The molecule has 0 spiro atoms. The summed E-state index contributed by atoms with van der Waals surface area (Å²) >= 11 is 0. The second-order valence-corrected chi connectivity index (χ2v) is 8.61. The molecular weight excluding hydrogens is 416 g/mol. The number of piperazine rings is 1. The first-order valence-electron chi connectivity index (χ1n) is 10.6. The van der Waals surface area contributed by atoms with Crippen LogP contribution in [0.2, 0.25) is 0 Å². The molecule has 9 nitrogen and oxygen atoms in total. The topological polar surface area (TPSA) is 102 Å². The number of amides is 2. The SMILES string of the molecule is COC(=O)[C@@H](CCC(=O)OC(C)(C)C)N1CCN(C(=O)OCc2ccccc2)[C@@H](C)C1=O. The molecule has 32 heavy (non-hydrogen) atoms. The van der Waals surface area contributed by atoms with Gasteiger partial charge in [0.25, 0.3) is 0 Å². The van der Waals surface area contributed by atoms with E-state index in [1.807, 2.05) is 30.3 Å². The Bertz CT molecular complexity index is 819. The molecule has 0 bridgehead atoms. The van der Waals surface area contributed by atoms with Gasteiger partial charge in [-0.2, -0.15) is 0 Å². The summed E-state index contributed by atoms with van der Waals surface area (Å²) in [6.45, 7) is 7.26. The Morgan fingerprint density at radius 3 is 2.38 bits per heavy atom. The van der Waals surface area contributed by atoms with Crippen molar-refractivity contribution in [3.8, 4) is 0 Å². The number of esters is 2. The highest BCUT2D eigenvalue weighted by Crippen LogP contribution is 2.20. The Labute approximate surface area is 188 Å². The molecular formula is C23H32N2O7. The van der Waals surface area contributed by atoms with Crippen LogP contribution < -0.4 is 0 Å². The Kier molecular flexibility index (Phi) is 8.63. The number of methoxy groups -OCH3 is 1. The fraction of sp³-hybridized carbons (Fsp3) is 0.565. The van der Waals surface area contributed by atoms with Crippen LogP contribution in [-0.2, 0) is 35.2 Å². The van der Waals surface area contributed by atoms with Crippen LogP contribution in [0, 0.1) is 0 Å². The van der Waals surface area contributed by atoms with Gasteiger partial charge in [-0.05, 0) is 39.7 Å². The maximum Gasteiger partial charge on any atom is 0.410 e. The van der Waals surface area contributed by atoms with E-state index in [0.717, 1.165) is 5.56 Å². The van der Waals surface area contributed by atoms with Gasteiger partial charge in [0.15, 0.2) is 0 Å². The fourth-order valence-corrected chi connectivity index (χ4v) is 3.44. The predicted octanol–water partition coefficient (Wildman–Crippen LogP) is 2.52. The molecule has 0 N–H and O–H groups in total. The third-order valence-electron chi connectivity index (χ3n) is 5.02. The molecule has 1 heterocycles. The van der Waals surface area contributed by atoms with E-state index >= 15 is 0 Å². The lowest BCUT2D eigenvalue weighted by Crippen LogP contribution is -2.61. The van der Waals surface area contributed by atoms with Gasteiger partial charge in [0.05, 0.1) is 7.11 Å². The summed E-state index contributed by atoms with van der Waals surface area (Å²) < 4.78 is 15.5. The smallest absolute Gasteiger partial charge is 0.410 e. The van der Waals surface area contributed by atoms with Gasteiger partial charge < -0.3 is 19.1 Å². The van der Waals surface area contributed by atoms with Crippen molar-refractivity contribution < 1.29 is 33.4 Å². The van der Waals surface area contributed by atoms with Gasteiger partial charge >= 0.3 is 18.0 Å². The van der Waals surface area contributed by atoms with Crippen LogP contribution in [0.5, 0.6) is 0 Å². The fourth-order valence-electron chi connectivity index (χ4n) is 3.44. The summed E-state index contributed by atoms with van der Waals surface area (Å²) in [6.07, 6.45) is -0.575. The molecule has 1 aliphatic heterocycles. The average molecular weight is 449 g/mol. The van der Waals surface area contributed by atoms with E-state index < -0.39 is 41.6 Å². The lowest BCUT2D eigenvalue weighted by molar-refractivity contribution is -0.160. The molecule has 2 amide bonds. The maximum absolute atomic E-state index is 13.0. The molecule has 1 fully saturated rings. The van der Waals surface area contributed by atoms with Crippen LogP contribution in [-0.4, -0.2) is 71.6 Å². The molecule has 0 unspecified atom stereocenters. The van der Waals surface area contributed by atoms with Crippen molar-refractivity contribution in [2.24, 2.45) is 0 Å². The maximum atomic E-state index is 13.0. The van der Waals surface area contributed by atoms with Crippen molar-refractivity contribution in [1.82, 2.24) is 9.80 Å². The predicted molar refractivity (Wildman–Crippen MR) is 115 cm³/mol. The lowest BCUT2D eigenvalue weighted by Gasteiger charge is -2.41. The highest BCUT2D eigenvalue weighted by atomic mass is 16.6. The Morgan fingerprint density at radius 2 is 1.78 bits per heavy atom. The standard InChI is InChI=1S/C23H32N2O7/c1-16-20(27)25(18(21(28)30-5)11-12-19(26)32-23(2,3)4)14-13-24(16)22(29)31-15-17-9-7-6-8-10-17/h6-10,16,18H,11-15H2,1-5H3/t16-,18+/m0/s1. The average Bonchev–Trinajstić information content (AvgIpc) is 2.74. The number of ether oxygens (including phenoxy) is 3. The number of carbonyl (C=O) groups is 4. The van der Waals surface area contributed by atoms with Crippen LogP contribution in [0.3, 0.4) is 0 Å². The third kappa shape index (κ3) is 6.96. The second-order valence-electron chi connectivity index (χ2n) is 8.61. The Hall–Kier alpha value is -3.10. The van der Waals surface area contributed by atoms with Crippen molar-refractivity contribution in [1.29, 1.82) is 0 Å². The largest absolute Gasteiger partial charge is 0.467 e. The number of rotatable bonds is 7. The summed E-state index contributed by atoms with van der Waals surface area (Å²) in [5.74, 6) is -1.49. The molecule has 1 saturated heterocycles. The zero-order chi connectivity index (χ0) is 23.9. The van der Waals surface area contributed by atoms with E-state index in [4.69, 9.17) is 14.2 Å². The number of nitrogens with zero attached hydrogens (tertiary/aromatic N) is 2. The summed E-state index contributed by atoms with van der Waals surface area (Å²) in [5, 5.41) is 0. The minimum absolute atomic E-state index is 0.0436. The van der Waals surface area contributed by atoms with Crippen LogP contribution in [0.25, 0.3) is 0 Å². The molecule has 0 saturated carbocycles. The lowest BCUT2D eigenvalue weighted by atomic mass is 10.1. The number of hydrogen-bond acceptors (Lipinski definition) is 7. The number of benzene rings is 1. The monoisotopic (exact) mass is 448 g/mol. The summed E-state index contributed by atoms with van der Waals surface area (Å²) in [4.78, 5) is 52.7. The zero-order valence-electron chi connectivity index (χ0n) is 19.3. The van der Waals surface area contributed by atoms with E-state index in [0.29, 0.717) is 0 Å². The van der Waals surface area contributed by atoms with Gasteiger partial charge in [-0.15, -0.1) is 0 Å². The molecule has 9 heteroatoms. The van der Waals surface area contributed by atoms with Crippen LogP contribution in [0.15, 0.2) is 30.3 Å². The Balaban J connectivity index is 2.00. The Morgan fingerprint density at radius 1 is 1.12 bits per heavy atom.